The van der Waals surface area contributed by atoms with Gasteiger partial charge >= 0.3 is 0 Å². The van der Waals surface area contributed by atoms with Crippen LogP contribution in [0.3, 0.4) is 0 Å². The van der Waals surface area contributed by atoms with Crippen molar-refractivity contribution in [1.29, 1.82) is 0 Å². The lowest BCUT2D eigenvalue weighted by Gasteiger charge is -2.42. The maximum absolute atomic E-state index is 11.3. The van der Waals surface area contributed by atoms with E-state index in [-0.39, 0.29) is 28.8 Å². The molecule has 0 aliphatic heterocycles. The highest BCUT2D eigenvalue weighted by Crippen LogP contribution is 2.39. The highest BCUT2D eigenvalue weighted by atomic mass is 28.4. The van der Waals surface area contributed by atoms with E-state index >= 15 is 0 Å². The van der Waals surface area contributed by atoms with Gasteiger partial charge in [-0.2, -0.15) is 0 Å². The van der Waals surface area contributed by atoms with Crippen LogP contribution in [0.15, 0.2) is 24.3 Å². The summed E-state index contributed by atoms with van der Waals surface area (Å²) >= 11 is 0. The Morgan fingerprint density at radius 2 is 1.72 bits per heavy atom. The van der Waals surface area contributed by atoms with Gasteiger partial charge in [0, 0.05) is 18.8 Å². The van der Waals surface area contributed by atoms with E-state index in [1.165, 1.54) is 6.92 Å². The van der Waals surface area contributed by atoms with E-state index in [4.69, 9.17) is 13.9 Å². The molecule has 0 fully saturated rings. The molecule has 162 valence electrons. The van der Waals surface area contributed by atoms with Gasteiger partial charge < -0.3 is 13.9 Å². The molecule has 0 aliphatic rings. The first-order chi connectivity index (χ1) is 13.4. The van der Waals surface area contributed by atoms with Gasteiger partial charge in [0.25, 0.3) is 0 Å². The number of methoxy groups -OCH3 is 1. The Morgan fingerprint density at radius 3 is 2.21 bits per heavy atom. The molecular weight excluding hydrogens is 380 g/mol. The topological polar surface area (TPSA) is 44.8 Å². The molecule has 5 heteroatoms. The molecular formula is C24H38O4Si. The Labute approximate surface area is 178 Å². The van der Waals surface area contributed by atoms with Crippen molar-refractivity contribution in [2.75, 3.05) is 13.7 Å². The van der Waals surface area contributed by atoms with Crippen molar-refractivity contribution in [3.05, 3.63) is 29.8 Å². The summed E-state index contributed by atoms with van der Waals surface area (Å²) < 4.78 is 17.9. The first-order valence-corrected chi connectivity index (χ1v) is 13.2. The molecule has 1 aromatic carbocycles. The van der Waals surface area contributed by atoms with E-state index in [0.717, 1.165) is 11.3 Å². The van der Waals surface area contributed by atoms with Gasteiger partial charge in [-0.15, -0.1) is 0 Å². The molecule has 29 heavy (non-hydrogen) atoms. The van der Waals surface area contributed by atoms with Crippen LogP contribution in [-0.2, 0) is 20.6 Å². The number of benzene rings is 1. The summed E-state index contributed by atoms with van der Waals surface area (Å²) in [6.45, 7) is 17.9. The van der Waals surface area contributed by atoms with Gasteiger partial charge in [0.2, 0.25) is 5.78 Å². The molecule has 4 nitrogen and oxygen atoms in total. The molecule has 0 radical (unpaired) electrons. The number of Topliss-reactive ketones (excluding diaryl/α,β-unsaturated/α-hetero) is 1. The lowest BCUT2D eigenvalue weighted by atomic mass is 9.94. The third-order valence-electron chi connectivity index (χ3n) is 5.57. The minimum atomic E-state index is -1.99. The van der Waals surface area contributed by atoms with Crippen LogP contribution in [0.1, 0.15) is 47.1 Å². The number of hydrogen-bond acceptors (Lipinski definition) is 4. The Balaban J connectivity index is 2.84. The smallest absolute Gasteiger partial charge is 0.202 e. The highest BCUT2D eigenvalue weighted by molar-refractivity contribution is 6.74. The van der Waals surface area contributed by atoms with Crippen molar-refractivity contribution >= 4 is 14.1 Å². The van der Waals surface area contributed by atoms with Gasteiger partial charge in [0.15, 0.2) is 8.32 Å². The summed E-state index contributed by atoms with van der Waals surface area (Å²) in [6, 6.07) is 7.89. The molecule has 0 amide bonds. The van der Waals surface area contributed by atoms with Crippen molar-refractivity contribution in [3.63, 3.8) is 0 Å². The number of ketones is 1. The molecule has 0 saturated carbocycles. The average molecular weight is 419 g/mol. The van der Waals surface area contributed by atoms with Crippen molar-refractivity contribution in [2.24, 2.45) is 11.8 Å². The molecule has 0 bridgehead atoms. The van der Waals surface area contributed by atoms with E-state index in [9.17, 15) is 4.79 Å². The second kappa shape index (κ2) is 11.0. The summed E-state index contributed by atoms with van der Waals surface area (Å²) in [6.07, 6.45) is -0.0846. The Bertz CT molecular complexity index is 707. The molecule has 1 aromatic rings. The zero-order chi connectivity index (χ0) is 22.2. The normalized spacial score (nSPS) is 15.1. The minimum absolute atomic E-state index is 0.0485. The number of hydrogen-bond donors (Lipinski definition) is 0. The van der Waals surface area contributed by atoms with E-state index in [1.54, 1.807) is 7.11 Å². The van der Waals surface area contributed by atoms with Gasteiger partial charge in [-0.1, -0.05) is 45.7 Å². The second-order valence-electron chi connectivity index (χ2n) is 9.30. The third kappa shape index (κ3) is 8.34. The standard InChI is InChI=1S/C24H38O4Si/c1-18(10-11-20(3)25)23(28-29(8,9)24(4,5)6)19(2)16-27-17-21-12-14-22(26-7)15-13-21/h12-15,18-19,23H,16-17H2,1-9H3/t18-,19-,23-/m1/s1. The lowest BCUT2D eigenvalue weighted by molar-refractivity contribution is -0.111. The fourth-order valence-corrected chi connectivity index (χ4v) is 4.18. The van der Waals surface area contributed by atoms with E-state index in [0.29, 0.717) is 13.2 Å². The van der Waals surface area contributed by atoms with Crippen LogP contribution in [-0.4, -0.2) is 33.9 Å². The summed E-state index contributed by atoms with van der Waals surface area (Å²) in [4.78, 5) is 11.3. The van der Waals surface area contributed by atoms with Gasteiger partial charge in [-0.25, -0.2) is 0 Å². The van der Waals surface area contributed by atoms with Gasteiger partial charge in [0.05, 0.1) is 26.4 Å². The molecule has 1 rings (SSSR count). The van der Waals surface area contributed by atoms with Crippen LogP contribution in [0.5, 0.6) is 5.75 Å². The summed E-state index contributed by atoms with van der Waals surface area (Å²) in [5.41, 5.74) is 1.10. The first kappa shape index (κ1) is 25.4. The number of carbonyl (C=O) groups excluding carboxylic acids is 1. The quantitative estimate of drug-likeness (QED) is 0.303. The van der Waals surface area contributed by atoms with E-state index < -0.39 is 8.32 Å². The molecule has 0 aliphatic carbocycles. The van der Waals surface area contributed by atoms with E-state index in [1.807, 2.05) is 31.2 Å². The molecule has 0 spiro atoms. The Morgan fingerprint density at radius 1 is 1.14 bits per heavy atom. The van der Waals surface area contributed by atoms with Crippen molar-refractivity contribution in [3.8, 4) is 17.6 Å². The van der Waals surface area contributed by atoms with Crippen molar-refractivity contribution in [1.82, 2.24) is 0 Å². The molecule has 0 aromatic heterocycles. The zero-order valence-electron chi connectivity index (χ0n) is 19.6. The summed E-state index contributed by atoms with van der Waals surface area (Å²) in [5.74, 6) is 6.60. The number of carbonyl (C=O) groups is 1. The monoisotopic (exact) mass is 418 g/mol. The van der Waals surface area contributed by atoms with E-state index in [2.05, 4.69) is 52.6 Å². The SMILES string of the molecule is COc1ccc(COC[C@@H](C)[C@H](O[Si](C)(C)C(C)(C)C)[C@H](C)C#CC(C)=O)cc1. The van der Waals surface area contributed by atoms with Gasteiger partial charge in [-0.3, -0.25) is 4.79 Å². The predicted molar refractivity (Wildman–Crippen MR) is 122 cm³/mol. The van der Waals surface area contributed by atoms with Crippen LogP contribution in [0.4, 0.5) is 0 Å². The van der Waals surface area contributed by atoms with Crippen LogP contribution < -0.4 is 4.74 Å². The fourth-order valence-electron chi connectivity index (χ4n) is 2.70. The summed E-state index contributed by atoms with van der Waals surface area (Å²) in [5, 5.41) is 0.0998. The van der Waals surface area contributed by atoms with Crippen LogP contribution >= 0.6 is 0 Å². The van der Waals surface area contributed by atoms with Crippen molar-refractivity contribution in [2.45, 2.75) is 72.4 Å². The number of ether oxygens (including phenoxy) is 2. The molecule has 0 unspecified atom stereocenters. The number of rotatable bonds is 9. The lowest BCUT2D eigenvalue weighted by Crippen LogP contribution is -2.47. The molecule has 3 atom stereocenters. The maximum Gasteiger partial charge on any atom is 0.202 e. The largest absolute Gasteiger partial charge is 0.497 e. The fraction of sp³-hybridized carbons (Fsp3) is 0.625. The summed E-state index contributed by atoms with van der Waals surface area (Å²) in [7, 11) is -0.327. The molecule has 0 N–H and O–H groups in total. The average Bonchev–Trinajstić information content (AvgIpc) is 2.63. The van der Waals surface area contributed by atoms with Gasteiger partial charge in [0.1, 0.15) is 5.75 Å². The first-order valence-electron chi connectivity index (χ1n) is 10.3. The zero-order valence-corrected chi connectivity index (χ0v) is 20.6. The Kier molecular flexibility index (Phi) is 9.61. The van der Waals surface area contributed by atoms with Crippen LogP contribution in [0, 0.1) is 23.7 Å². The maximum atomic E-state index is 11.3. The second-order valence-corrected chi connectivity index (χ2v) is 14.1. The molecule has 0 saturated heterocycles. The Hall–Kier alpha value is -1.61. The third-order valence-corrected chi connectivity index (χ3v) is 10.0. The van der Waals surface area contributed by atoms with Crippen LogP contribution in [0.25, 0.3) is 0 Å². The van der Waals surface area contributed by atoms with Crippen LogP contribution in [0.2, 0.25) is 18.1 Å². The molecule has 0 heterocycles. The predicted octanol–water partition coefficient (Wildman–Crippen LogP) is 5.47. The van der Waals surface area contributed by atoms with Crippen molar-refractivity contribution < 1.29 is 18.7 Å². The van der Waals surface area contributed by atoms with Gasteiger partial charge in [-0.05, 0) is 48.7 Å². The highest BCUT2D eigenvalue weighted by Gasteiger charge is 2.41. The minimum Gasteiger partial charge on any atom is -0.497 e.